The molecule has 0 spiro atoms. The lowest BCUT2D eigenvalue weighted by Gasteiger charge is -2.28. The molecule has 1 aliphatic rings. The van der Waals surface area contributed by atoms with Crippen LogP contribution in [-0.2, 0) is 11.2 Å². The highest BCUT2D eigenvalue weighted by atomic mass is 16.5. The average Bonchev–Trinajstić information content (AvgIpc) is 2.53. The molecule has 1 aliphatic heterocycles. The van der Waals surface area contributed by atoms with Crippen LogP contribution in [0.4, 0.5) is 0 Å². The molecule has 1 aromatic carbocycles. The van der Waals surface area contributed by atoms with Gasteiger partial charge in [-0.25, -0.2) is 0 Å². The van der Waals surface area contributed by atoms with Crippen molar-refractivity contribution in [3.05, 3.63) is 29.8 Å². The number of amides is 1. The fourth-order valence-electron chi connectivity index (χ4n) is 2.56. The van der Waals surface area contributed by atoms with Gasteiger partial charge in [-0.15, -0.1) is 0 Å². The predicted octanol–water partition coefficient (Wildman–Crippen LogP) is 2.39. The number of hydrogen-bond acceptors (Lipinski definition) is 3. The van der Waals surface area contributed by atoms with Crippen molar-refractivity contribution in [1.82, 2.24) is 4.90 Å². The van der Waals surface area contributed by atoms with Crippen LogP contribution in [0.3, 0.4) is 0 Å². The van der Waals surface area contributed by atoms with Crippen molar-refractivity contribution in [3.63, 3.8) is 0 Å². The van der Waals surface area contributed by atoms with E-state index in [-0.39, 0.29) is 5.91 Å². The van der Waals surface area contributed by atoms with E-state index < -0.39 is 5.92 Å². The largest absolute Gasteiger partial charge is 0.497 e. The predicted molar refractivity (Wildman–Crippen MR) is 76.2 cm³/mol. The summed E-state index contributed by atoms with van der Waals surface area (Å²) < 4.78 is 5.17. The zero-order valence-corrected chi connectivity index (χ0v) is 11.8. The van der Waals surface area contributed by atoms with Gasteiger partial charge in [-0.05, 0) is 43.4 Å². The first kappa shape index (κ1) is 14.4. The van der Waals surface area contributed by atoms with Crippen LogP contribution in [0, 0.1) is 17.2 Å². The molecule has 0 aromatic heterocycles. The first-order chi connectivity index (χ1) is 9.74. The van der Waals surface area contributed by atoms with E-state index in [0.29, 0.717) is 6.42 Å². The van der Waals surface area contributed by atoms with E-state index in [2.05, 4.69) is 6.07 Å². The Morgan fingerprint density at radius 2 is 2.15 bits per heavy atom. The fourth-order valence-corrected chi connectivity index (χ4v) is 2.56. The third-order valence-electron chi connectivity index (χ3n) is 3.70. The second-order valence-corrected chi connectivity index (χ2v) is 5.12. The maximum absolute atomic E-state index is 12.4. The van der Waals surface area contributed by atoms with Gasteiger partial charge >= 0.3 is 0 Å². The van der Waals surface area contributed by atoms with Crippen LogP contribution in [0.5, 0.6) is 5.75 Å². The molecule has 1 saturated heterocycles. The minimum atomic E-state index is -0.597. The van der Waals surface area contributed by atoms with E-state index in [4.69, 9.17) is 4.74 Å². The third-order valence-corrected chi connectivity index (χ3v) is 3.70. The molecule has 1 aromatic rings. The van der Waals surface area contributed by atoms with Crippen molar-refractivity contribution in [3.8, 4) is 11.8 Å². The Balaban J connectivity index is 2.04. The Morgan fingerprint density at radius 3 is 2.80 bits per heavy atom. The Morgan fingerprint density at radius 1 is 1.40 bits per heavy atom. The molecule has 4 nitrogen and oxygen atoms in total. The van der Waals surface area contributed by atoms with E-state index in [1.165, 1.54) is 6.42 Å². The van der Waals surface area contributed by atoms with Crippen molar-refractivity contribution in [2.24, 2.45) is 5.92 Å². The van der Waals surface area contributed by atoms with Gasteiger partial charge in [0.1, 0.15) is 11.7 Å². The maximum Gasteiger partial charge on any atom is 0.240 e. The molecule has 1 fully saturated rings. The molecule has 0 aliphatic carbocycles. The van der Waals surface area contributed by atoms with Crippen LogP contribution in [-0.4, -0.2) is 31.0 Å². The summed E-state index contributed by atoms with van der Waals surface area (Å²) in [6.45, 7) is 1.57. The standard InChI is InChI=1S/C16H20N2O2/c1-20-15-7-5-6-13(11-15)10-14(12-17)16(19)18-8-3-2-4-9-18/h5-7,11,14H,2-4,8-10H2,1H3. The van der Waals surface area contributed by atoms with Crippen molar-refractivity contribution in [2.75, 3.05) is 20.2 Å². The Labute approximate surface area is 120 Å². The zero-order chi connectivity index (χ0) is 14.4. The number of nitrogens with zero attached hydrogens (tertiary/aromatic N) is 2. The number of hydrogen-bond donors (Lipinski definition) is 0. The number of benzene rings is 1. The molecule has 0 bridgehead atoms. The van der Waals surface area contributed by atoms with Crippen LogP contribution in [0.15, 0.2) is 24.3 Å². The monoisotopic (exact) mass is 272 g/mol. The van der Waals surface area contributed by atoms with Crippen LogP contribution in [0.25, 0.3) is 0 Å². The van der Waals surface area contributed by atoms with Crippen LogP contribution < -0.4 is 4.74 Å². The van der Waals surface area contributed by atoms with Crippen molar-refractivity contribution in [1.29, 1.82) is 5.26 Å². The van der Waals surface area contributed by atoms with Gasteiger partial charge in [0, 0.05) is 13.1 Å². The van der Waals surface area contributed by atoms with E-state index in [0.717, 1.165) is 37.2 Å². The summed E-state index contributed by atoms with van der Waals surface area (Å²) in [6, 6.07) is 9.70. The summed E-state index contributed by atoms with van der Waals surface area (Å²) in [5.41, 5.74) is 0.959. The average molecular weight is 272 g/mol. The number of piperidine rings is 1. The van der Waals surface area contributed by atoms with Gasteiger partial charge in [0.25, 0.3) is 0 Å². The summed E-state index contributed by atoms with van der Waals surface area (Å²) in [5.74, 6) is 0.125. The van der Waals surface area contributed by atoms with Crippen LogP contribution in [0.1, 0.15) is 24.8 Å². The Bertz CT molecular complexity index is 501. The van der Waals surface area contributed by atoms with Crippen molar-refractivity contribution < 1.29 is 9.53 Å². The van der Waals surface area contributed by atoms with E-state index >= 15 is 0 Å². The molecule has 0 saturated carbocycles. The quantitative estimate of drug-likeness (QED) is 0.845. The first-order valence-electron chi connectivity index (χ1n) is 7.06. The molecule has 2 rings (SSSR count). The Hall–Kier alpha value is -2.02. The van der Waals surface area contributed by atoms with Gasteiger partial charge < -0.3 is 9.64 Å². The van der Waals surface area contributed by atoms with Crippen LogP contribution >= 0.6 is 0 Å². The van der Waals surface area contributed by atoms with E-state index in [9.17, 15) is 10.1 Å². The minimum absolute atomic E-state index is 0.0324. The van der Waals surface area contributed by atoms with Crippen molar-refractivity contribution in [2.45, 2.75) is 25.7 Å². The summed E-state index contributed by atoms with van der Waals surface area (Å²) in [7, 11) is 1.61. The highest BCUT2D eigenvalue weighted by Gasteiger charge is 2.25. The Kier molecular flexibility index (Phi) is 5.00. The molecular weight excluding hydrogens is 252 g/mol. The van der Waals surface area contributed by atoms with Gasteiger partial charge in [-0.3, -0.25) is 4.79 Å². The molecule has 106 valence electrons. The first-order valence-corrected chi connectivity index (χ1v) is 7.06. The lowest BCUT2D eigenvalue weighted by atomic mass is 9.98. The molecule has 0 N–H and O–H groups in total. The number of likely N-dealkylation sites (tertiary alicyclic amines) is 1. The van der Waals surface area contributed by atoms with Gasteiger partial charge in [0.2, 0.25) is 5.91 Å². The molecule has 1 unspecified atom stereocenters. The van der Waals surface area contributed by atoms with Crippen LogP contribution in [0.2, 0.25) is 0 Å². The molecule has 1 amide bonds. The molecule has 4 heteroatoms. The maximum atomic E-state index is 12.4. The normalized spacial score (nSPS) is 16.3. The van der Waals surface area contributed by atoms with E-state index in [1.54, 1.807) is 7.11 Å². The zero-order valence-electron chi connectivity index (χ0n) is 11.8. The van der Waals surface area contributed by atoms with Gasteiger partial charge in [0.15, 0.2) is 0 Å². The summed E-state index contributed by atoms with van der Waals surface area (Å²) in [4.78, 5) is 14.2. The SMILES string of the molecule is COc1cccc(CC(C#N)C(=O)N2CCCCC2)c1. The fraction of sp³-hybridized carbons (Fsp3) is 0.500. The summed E-state index contributed by atoms with van der Waals surface area (Å²) in [6.07, 6.45) is 3.71. The smallest absolute Gasteiger partial charge is 0.240 e. The second-order valence-electron chi connectivity index (χ2n) is 5.12. The number of carbonyl (C=O) groups is 1. The number of methoxy groups -OCH3 is 1. The molecule has 1 heterocycles. The number of ether oxygens (including phenoxy) is 1. The topological polar surface area (TPSA) is 53.3 Å². The van der Waals surface area contributed by atoms with Gasteiger partial charge in [-0.1, -0.05) is 12.1 Å². The lowest BCUT2D eigenvalue weighted by Crippen LogP contribution is -2.39. The molecule has 0 radical (unpaired) electrons. The molecule has 1 atom stereocenters. The summed E-state index contributed by atoms with van der Waals surface area (Å²) in [5, 5.41) is 9.29. The van der Waals surface area contributed by atoms with E-state index in [1.807, 2.05) is 29.2 Å². The molecule has 20 heavy (non-hydrogen) atoms. The number of nitriles is 1. The lowest BCUT2D eigenvalue weighted by molar-refractivity contribution is -0.134. The third kappa shape index (κ3) is 3.51. The van der Waals surface area contributed by atoms with Gasteiger partial charge in [-0.2, -0.15) is 5.26 Å². The minimum Gasteiger partial charge on any atom is -0.497 e. The number of carbonyl (C=O) groups excluding carboxylic acids is 1. The van der Waals surface area contributed by atoms with Crippen molar-refractivity contribution >= 4 is 5.91 Å². The highest BCUT2D eigenvalue weighted by molar-refractivity contribution is 5.81. The second kappa shape index (κ2) is 6.95. The van der Waals surface area contributed by atoms with Gasteiger partial charge in [0.05, 0.1) is 13.2 Å². The number of rotatable bonds is 4. The summed E-state index contributed by atoms with van der Waals surface area (Å²) >= 11 is 0. The molecular formula is C16H20N2O2. The highest BCUT2D eigenvalue weighted by Crippen LogP contribution is 2.19.